The molecule has 0 atom stereocenters. The minimum Gasteiger partial charge on any atom is -0.273 e. The van der Waals surface area contributed by atoms with E-state index in [1.165, 1.54) is 5.56 Å². The van der Waals surface area contributed by atoms with Gasteiger partial charge in [0, 0.05) is 17.7 Å². The summed E-state index contributed by atoms with van der Waals surface area (Å²) >= 11 is 0. The van der Waals surface area contributed by atoms with Crippen LogP contribution in [0.1, 0.15) is 35.7 Å². The van der Waals surface area contributed by atoms with Crippen LogP contribution in [0.25, 0.3) is 16.9 Å². The number of aromatic nitrogens is 2. The first-order valence-corrected chi connectivity index (χ1v) is 9.50. The summed E-state index contributed by atoms with van der Waals surface area (Å²) in [6.45, 7) is 2.10. The van der Waals surface area contributed by atoms with Crippen LogP contribution < -0.4 is 10.9 Å². The van der Waals surface area contributed by atoms with Crippen LogP contribution in [0.4, 0.5) is 0 Å². The highest BCUT2D eigenvalue weighted by Gasteiger charge is 2.30. The molecule has 142 valence electrons. The van der Waals surface area contributed by atoms with Crippen molar-refractivity contribution in [1.82, 2.24) is 20.6 Å². The van der Waals surface area contributed by atoms with Crippen molar-refractivity contribution in [2.45, 2.75) is 26.2 Å². The Morgan fingerprint density at radius 1 is 1.04 bits per heavy atom. The zero-order valence-electron chi connectivity index (χ0n) is 15.7. The number of hydrazine groups is 1. The molecule has 0 radical (unpaired) electrons. The third-order valence-electron chi connectivity index (χ3n) is 4.86. The number of benzene rings is 2. The van der Waals surface area contributed by atoms with E-state index >= 15 is 0 Å². The van der Waals surface area contributed by atoms with Gasteiger partial charge in [0.05, 0.1) is 11.3 Å². The van der Waals surface area contributed by atoms with Gasteiger partial charge in [-0.25, -0.2) is 4.68 Å². The number of nitrogens with zero attached hydrogens (tertiary/aromatic N) is 2. The number of hydrogen-bond donors (Lipinski definition) is 2. The molecule has 1 saturated carbocycles. The number of carbonyl (C=O) groups is 2. The van der Waals surface area contributed by atoms with E-state index in [4.69, 9.17) is 0 Å². The standard InChI is InChI=1S/C22H22N4O2/c1-2-15-8-10-16(11-9-15)20-19(22(28)24-23-21(27)17-12-13-17)14-26(25-20)18-6-4-3-5-7-18/h3-11,14,17H,2,12-13H2,1H3,(H,23,27)(H,24,28). The van der Waals surface area contributed by atoms with E-state index in [2.05, 4.69) is 22.9 Å². The predicted molar refractivity (Wildman–Crippen MR) is 107 cm³/mol. The van der Waals surface area contributed by atoms with E-state index in [1.807, 2.05) is 54.6 Å². The molecule has 2 amide bonds. The maximum atomic E-state index is 12.8. The summed E-state index contributed by atoms with van der Waals surface area (Å²) in [6, 6.07) is 17.6. The van der Waals surface area contributed by atoms with Crippen LogP contribution in [0, 0.1) is 5.92 Å². The first-order chi connectivity index (χ1) is 13.7. The Morgan fingerprint density at radius 3 is 2.39 bits per heavy atom. The highest BCUT2D eigenvalue weighted by atomic mass is 16.2. The monoisotopic (exact) mass is 374 g/mol. The van der Waals surface area contributed by atoms with Crippen molar-refractivity contribution in [2.75, 3.05) is 0 Å². The van der Waals surface area contributed by atoms with Crippen LogP contribution >= 0.6 is 0 Å². The van der Waals surface area contributed by atoms with Crippen molar-refractivity contribution in [3.63, 3.8) is 0 Å². The van der Waals surface area contributed by atoms with Gasteiger partial charge in [-0.05, 0) is 37.0 Å². The SMILES string of the molecule is CCc1ccc(-c2nn(-c3ccccc3)cc2C(=O)NNC(=O)C2CC2)cc1. The second kappa shape index (κ2) is 7.68. The van der Waals surface area contributed by atoms with Crippen molar-refractivity contribution < 1.29 is 9.59 Å². The van der Waals surface area contributed by atoms with Gasteiger partial charge in [-0.3, -0.25) is 20.4 Å². The van der Waals surface area contributed by atoms with Crippen molar-refractivity contribution in [1.29, 1.82) is 0 Å². The number of nitrogens with one attached hydrogen (secondary N) is 2. The van der Waals surface area contributed by atoms with Gasteiger partial charge in [0.1, 0.15) is 5.69 Å². The molecule has 0 saturated heterocycles. The lowest BCUT2D eigenvalue weighted by Gasteiger charge is -2.07. The van der Waals surface area contributed by atoms with E-state index in [-0.39, 0.29) is 17.7 Å². The van der Waals surface area contributed by atoms with E-state index in [1.54, 1.807) is 10.9 Å². The number of carbonyl (C=O) groups excluding carboxylic acids is 2. The maximum absolute atomic E-state index is 12.8. The maximum Gasteiger partial charge on any atom is 0.273 e. The second-order valence-electron chi connectivity index (χ2n) is 6.94. The molecule has 1 aliphatic carbocycles. The van der Waals surface area contributed by atoms with E-state index in [0.717, 1.165) is 30.5 Å². The van der Waals surface area contributed by atoms with Gasteiger partial charge in [0.2, 0.25) is 5.91 Å². The molecule has 2 N–H and O–H groups in total. The first-order valence-electron chi connectivity index (χ1n) is 9.50. The van der Waals surface area contributed by atoms with E-state index in [0.29, 0.717) is 11.3 Å². The third-order valence-corrected chi connectivity index (χ3v) is 4.86. The van der Waals surface area contributed by atoms with Crippen molar-refractivity contribution in [3.05, 3.63) is 71.9 Å². The average Bonchev–Trinajstić information content (AvgIpc) is 3.51. The Labute approximate surface area is 163 Å². The van der Waals surface area contributed by atoms with Crippen molar-refractivity contribution in [3.8, 4) is 16.9 Å². The summed E-state index contributed by atoms with van der Waals surface area (Å²) < 4.78 is 1.68. The molecule has 1 fully saturated rings. The molecule has 2 aromatic carbocycles. The predicted octanol–water partition coefficient (Wildman–Crippen LogP) is 3.27. The van der Waals surface area contributed by atoms with Crippen LogP contribution in [0.5, 0.6) is 0 Å². The molecule has 6 nitrogen and oxygen atoms in total. The van der Waals surface area contributed by atoms with E-state index < -0.39 is 0 Å². The van der Waals surface area contributed by atoms with Crippen molar-refractivity contribution >= 4 is 11.8 Å². The fourth-order valence-corrected chi connectivity index (χ4v) is 3.00. The molecule has 6 heteroatoms. The van der Waals surface area contributed by atoms with Crippen LogP contribution in [-0.2, 0) is 11.2 Å². The zero-order valence-corrected chi connectivity index (χ0v) is 15.7. The number of rotatable bonds is 5. The fourth-order valence-electron chi connectivity index (χ4n) is 3.00. The number of para-hydroxylation sites is 1. The summed E-state index contributed by atoms with van der Waals surface area (Å²) in [6.07, 6.45) is 4.39. The smallest absolute Gasteiger partial charge is 0.273 e. The molecule has 0 unspecified atom stereocenters. The summed E-state index contributed by atoms with van der Waals surface area (Å²) in [7, 11) is 0. The topological polar surface area (TPSA) is 76.0 Å². The van der Waals surface area contributed by atoms with Gasteiger partial charge >= 0.3 is 0 Å². The fraction of sp³-hybridized carbons (Fsp3) is 0.227. The van der Waals surface area contributed by atoms with Gasteiger partial charge in [-0.15, -0.1) is 0 Å². The van der Waals surface area contributed by atoms with Crippen LogP contribution in [-0.4, -0.2) is 21.6 Å². The molecule has 3 aromatic rings. The molecule has 0 bridgehead atoms. The first kappa shape index (κ1) is 18.0. The Balaban J connectivity index is 1.66. The number of aryl methyl sites for hydroxylation is 1. The highest BCUT2D eigenvalue weighted by molar-refractivity contribution is 6.00. The largest absolute Gasteiger partial charge is 0.273 e. The third kappa shape index (κ3) is 3.81. The van der Waals surface area contributed by atoms with Gasteiger partial charge in [-0.1, -0.05) is 49.4 Å². The van der Waals surface area contributed by atoms with Crippen LogP contribution in [0.15, 0.2) is 60.8 Å². The minimum absolute atomic E-state index is 0.0217. The molecular formula is C22H22N4O2. The Morgan fingerprint density at radius 2 is 1.75 bits per heavy atom. The molecule has 1 aliphatic rings. The van der Waals surface area contributed by atoms with Crippen LogP contribution in [0.3, 0.4) is 0 Å². The average molecular weight is 374 g/mol. The van der Waals surface area contributed by atoms with Gasteiger partial charge in [-0.2, -0.15) is 5.10 Å². The number of hydrogen-bond acceptors (Lipinski definition) is 3. The van der Waals surface area contributed by atoms with Gasteiger partial charge < -0.3 is 0 Å². The lowest BCUT2D eigenvalue weighted by atomic mass is 10.0. The summed E-state index contributed by atoms with van der Waals surface area (Å²) in [5.74, 6) is -0.503. The normalized spacial score (nSPS) is 13.2. The summed E-state index contributed by atoms with van der Waals surface area (Å²) in [4.78, 5) is 24.6. The minimum atomic E-state index is -0.384. The Bertz CT molecular complexity index is 989. The highest BCUT2D eigenvalue weighted by Crippen LogP contribution is 2.28. The molecule has 28 heavy (non-hydrogen) atoms. The summed E-state index contributed by atoms with van der Waals surface area (Å²) in [5.41, 5.74) is 8.94. The molecule has 0 aliphatic heterocycles. The summed E-state index contributed by atoms with van der Waals surface area (Å²) in [5, 5.41) is 4.64. The second-order valence-corrected chi connectivity index (χ2v) is 6.94. The number of amides is 2. The quantitative estimate of drug-likeness (QED) is 0.673. The lowest BCUT2D eigenvalue weighted by Crippen LogP contribution is -2.42. The lowest BCUT2D eigenvalue weighted by molar-refractivity contribution is -0.123. The molecule has 1 heterocycles. The zero-order chi connectivity index (χ0) is 19.5. The molecule has 1 aromatic heterocycles. The molecule has 0 spiro atoms. The van der Waals surface area contributed by atoms with Gasteiger partial charge in [0.15, 0.2) is 0 Å². The van der Waals surface area contributed by atoms with Crippen LogP contribution in [0.2, 0.25) is 0 Å². The Kier molecular flexibility index (Phi) is 4.93. The van der Waals surface area contributed by atoms with Gasteiger partial charge in [0.25, 0.3) is 5.91 Å². The van der Waals surface area contributed by atoms with E-state index in [9.17, 15) is 9.59 Å². The van der Waals surface area contributed by atoms with Crippen molar-refractivity contribution in [2.24, 2.45) is 5.92 Å². The molecular weight excluding hydrogens is 352 g/mol. The Hall–Kier alpha value is -3.41. The molecule has 4 rings (SSSR count).